The highest BCUT2D eigenvalue weighted by Gasteiger charge is 2.22. The van der Waals surface area contributed by atoms with Gasteiger partial charge in [-0.05, 0) is 13.0 Å². The summed E-state index contributed by atoms with van der Waals surface area (Å²) in [6, 6.07) is 0. The number of hydrogen-bond donors (Lipinski definition) is 0. The van der Waals surface area contributed by atoms with Crippen molar-refractivity contribution in [2.45, 2.75) is 52.4 Å². The zero-order valence-electron chi connectivity index (χ0n) is 10.3. The van der Waals surface area contributed by atoms with E-state index >= 15 is 0 Å². The molecule has 0 spiro atoms. The van der Waals surface area contributed by atoms with Gasteiger partial charge in [-0.25, -0.2) is 0 Å². The van der Waals surface area contributed by atoms with Crippen molar-refractivity contribution < 1.29 is 4.79 Å². The zero-order valence-corrected chi connectivity index (χ0v) is 10.3. The Kier molecular flexibility index (Phi) is 5.92. The maximum absolute atomic E-state index is 11.3. The van der Waals surface area contributed by atoms with E-state index in [1.165, 1.54) is 38.6 Å². The molecule has 1 atom stereocenters. The summed E-state index contributed by atoms with van der Waals surface area (Å²) in [6.07, 6.45) is 7.49. The molecule has 1 aliphatic heterocycles. The fraction of sp³-hybridized carbons (Fsp3) is 0.923. The van der Waals surface area contributed by atoms with E-state index < -0.39 is 0 Å². The van der Waals surface area contributed by atoms with Crippen LogP contribution < -0.4 is 0 Å². The van der Waals surface area contributed by atoms with Crippen LogP contribution >= 0.6 is 0 Å². The molecule has 0 aromatic rings. The van der Waals surface area contributed by atoms with E-state index in [0.717, 1.165) is 19.5 Å². The molecule has 2 heteroatoms. The molecule has 1 aliphatic rings. The third kappa shape index (κ3) is 4.78. The summed E-state index contributed by atoms with van der Waals surface area (Å²) in [5.41, 5.74) is 0. The number of carbonyl (C=O) groups is 1. The summed E-state index contributed by atoms with van der Waals surface area (Å²) >= 11 is 0. The molecule has 0 N–H and O–H groups in total. The van der Waals surface area contributed by atoms with Crippen LogP contribution in [0.1, 0.15) is 52.4 Å². The van der Waals surface area contributed by atoms with Crippen LogP contribution in [0.15, 0.2) is 0 Å². The zero-order chi connectivity index (χ0) is 11.1. The quantitative estimate of drug-likeness (QED) is 0.630. The second kappa shape index (κ2) is 7.00. The second-order valence-electron chi connectivity index (χ2n) is 4.83. The molecule has 1 rings (SSSR count). The molecule has 0 bridgehead atoms. The van der Waals surface area contributed by atoms with Gasteiger partial charge in [0.2, 0.25) is 0 Å². The van der Waals surface area contributed by atoms with E-state index in [9.17, 15) is 4.79 Å². The minimum absolute atomic E-state index is 0.273. The third-order valence-corrected chi connectivity index (χ3v) is 3.33. The molecule has 2 nitrogen and oxygen atoms in total. The van der Waals surface area contributed by atoms with Gasteiger partial charge in [0.15, 0.2) is 0 Å². The van der Waals surface area contributed by atoms with Crippen molar-refractivity contribution in [1.29, 1.82) is 0 Å². The number of likely N-dealkylation sites (tertiary alicyclic amines) is 1. The van der Waals surface area contributed by atoms with Crippen molar-refractivity contribution in [3.8, 4) is 0 Å². The molecule has 1 heterocycles. The van der Waals surface area contributed by atoms with Crippen LogP contribution in [0.3, 0.4) is 0 Å². The molecule has 0 radical (unpaired) electrons. The Morgan fingerprint density at radius 1 is 1.27 bits per heavy atom. The Balaban J connectivity index is 2.04. The summed E-state index contributed by atoms with van der Waals surface area (Å²) in [6.45, 7) is 7.49. The molecule has 1 fully saturated rings. The third-order valence-electron chi connectivity index (χ3n) is 3.33. The van der Waals surface area contributed by atoms with Gasteiger partial charge in [0.25, 0.3) is 0 Å². The lowest BCUT2D eigenvalue weighted by Gasteiger charge is -2.29. The van der Waals surface area contributed by atoms with Crippen molar-refractivity contribution in [3.63, 3.8) is 0 Å². The van der Waals surface area contributed by atoms with Crippen LogP contribution in [-0.2, 0) is 4.79 Å². The van der Waals surface area contributed by atoms with Crippen molar-refractivity contribution in [2.75, 3.05) is 19.6 Å². The number of nitrogens with zero attached hydrogens (tertiary/aromatic N) is 1. The highest BCUT2D eigenvalue weighted by atomic mass is 16.1. The Bertz CT molecular complexity index is 191. The number of carbonyl (C=O) groups excluding carboxylic acids is 1. The van der Waals surface area contributed by atoms with Crippen molar-refractivity contribution in [2.24, 2.45) is 5.92 Å². The van der Waals surface area contributed by atoms with Crippen molar-refractivity contribution >= 4 is 5.78 Å². The van der Waals surface area contributed by atoms with E-state index in [1.54, 1.807) is 0 Å². The number of Topliss-reactive ketones (excluding diaryl/α,β-unsaturated/α-hetero) is 1. The SMILES string of the molecule is CCCCCCCN1CCC(=O)C(C)C1. The monoisotopic (exact) mass is 211 g/mol. The van der Waals surface area contributed by atoms with Crippen molar-refractivity contribution in [3.05, 3.63) is 0 Å². The molecule has 0 amide bonds. The Hall–Kier alpha value is -0.370. The second-order valence-corrected chi connectivity index (χ2v) is 4.83. The smallest absolute Gasteiger partial charge is 0.138 e. The van der Waals surface area contributed by atoms with Gasteiger partial charge in [-0.2, -0.15) is 0 Å². The molecule has 0 saturated carbocycles. The Morgan fingerprint density at radius 3 is 2.67 bits per heavy atom. The first-order valence-corrected chi connectivity index (χ1v) is 6.49. The summed E-state index contributed by atoms with van der Waals surface area (Å²) in [7, 11) is 0. The number of ketones is 1. The number of piperidine rings is 1. The molecular weight excluding hydrogens is 186 g/mol. The first-order chi connectivity index (χ1) is 7.24. The molecule has 0 aromatic heterocycles. The normalized spacial score (nSPS) is 23.3. The number of rotatable bonds is 6. The molecule has 0 aliphatic carbocycles. The molecule has 0 aromatic carbocycles. The predicted octanol–water partition coefficient (Wildman–Crippen LogP) is 2.87. The summed E-state index contributed by atoms with van der Waals surface area (Å²) in [5, 5.41) is 0. The highest BCUT2D eigenvalue weighted by molar-refractivity contribution is 5.81. The fourth-order valence-electron chi connectivity index (χ4n) is 2.24. The lowest BCUT2D eigenvalue weighted by molar-refractivity contribution is -0.125. The number of unbranched alkanes of at least 4 members (excludes halogenated alkanes) is 4. The van der Waals surface area contributed by atoms with Gasteiger partial charge in [0, 0.05) is 25.4 Å². The Labute approximate surface area is 94.0 Å². The van der Waals surface area contributed by atoms with Crippen molar-refractivity contribution in [1.82, 2.24) is 4.90 Å². The van der Waals surface area contributed by atoms with Crippen LogP contribution in [0.2, 0.25) is 0 Å². The first-order valence-electron chi connectivity index (χ1n) is 6.49. The van der Waals surface area contributed by atoms with Gasteiger partial charge in [-0.1, -0.05) is 39.5 Å². The van der Waals surface area contributed by atoms with E-state index in [2.05, 4.69) is 18.7 Å². The van der Waals surface area contributed by atoms with Gasteiger partial charge < -0.3 is 4.90 Å². The standard InChI is InChI=1S/C13H25NO/c1-3-4-5-6-7-9-14-10-8-13(15)12(2)11-14/h12H,3-11H2,1-2H3. The van der Waals surface area contributed by atoms with E-state index in [-0.39, 0.29) is 5.92 Å². The molecule has 1 unspecified atom stereocenters. The van der Waals surface area contributed by atoms with Crippen LogP contribution in [0.4, 0.5) is 0 Å². The van der Waals surface area contributed by atoms with Crippen LogP contribution in [0.5, 0.6) is 0 Å². The van der Waals surface area contributed by atoms with E-state index in [1.807, 2.05) is 0 Å². The van der Waals surface area contributed by atoms with E-state index in [0.29, 0.717) is 5.78 Å². The molecular formula is C13H25NO. The van der Waals surface area contributed by atoms with Gasteiger partial charge in [0.05, 0.1) is 0 Å². The van der Waals surface area contributed by atoms with Crippen LogP contribution in [-0.4, -0.2) is 30.3 Å². The average molecular weight is 211 g/mol. The fourth-order valence-corrected chi connectivity index (χ4v) is 2.24. The minimum Gasteiger partial charge on any atom is -0.302 e. The maximum atomic E-state index is 11.3. The van der Waals surface area contributed by atoms with Crippen LogP contribution in [0, 0.1) is 5.92 Å². The number of hydrogen-bond acceptors (Lipinski definition) is 2. The topological polar surface area (TPSA) is 20.3 Å². The van der Waals surface area contributed by atoms with E-state index in [4.69, 9.17) is 0 Å². The summed E-state index contributed by atoms with van der Waals surface area (Å²) < 4.78 is 0. The van der Waals surface area contributed by atoms with Crippen LogP contribution in [0.25, 0.3) is 0 Å². The predicted molar refractivity (Wildman–Crippen MR) is 64.0 cm³/mol. The highest BCUT2D eigenvalue weighted by Crippen LogP contribution is 2.13. The summed E-state index contributed by atoms with van der Waals surface area (Å²) in [5.74, 6) is 0.728. The molecule has 1 saturated heterocycles. The average Bonchev–Trinajstić information content (AvgIpc) is 2.23. The summed E-state index contributed by atoms with van der Waals surface area (Å²) in [4.78, 5) is 13.8. The van der Waals surface area contributed by atoms with Gasteiger partial charge in [-0.15, -0.1) is 0 Å². The van der Waals surface area contributed by atoms with Gasteiger partial charge in [0.1, 0.15) is 5.78 Å². The largest absolute Gasteiger partial charge is 0.302 e. The van der Waals surface area contributed by atoms with Gasteiger partial charge in [-0.3, -0.25) is 4.79 Å². The maximum Gasteiger partial charge on any atom is 0.138 e. The van der Waals surface area contributed by atoms with Gasteiger partial charge >= 0.3 is 0 Å². The molecule has 88 valence electrons. The molecule has 15 heavy (non-hydrogen) atoms. The first kappa shape index (κ1) is 12.7. The lowest BCUT2D eigenvalue weighted by Crippen LogP contribution is -2.39. The minimum atomic E-state index is 0.273. The Morgan fingerprint density at radius 2 is 2.00 bits per heavy atom. The lowest BCUT2D eigenvalue weighted by atomic mass is 9.98.